The van der Waals surface area contributed by atoms with E-state index in [4.69, 9.17) is 25.8 Å². The molecular weight excluding hydrogens is 802 g/mol. The van der Waals surface area contributed by atoms with Crippen LogP contribution in [-0.2, 0) is 46.1 Å². The van der Waals surface area contributed by atoms with Crippen LogP contribution in [0.2, 0.25) is 5.15 Å². The summed E-state index contributed by atoms with van der Waals surface area (Å²) in [4.78, 5) is 36.8. The Morgan fingerprint density at radius 3 is 1.63 bits per heavy atom. The number of carbonyl (C=O) groups is 2. The van der Waals surface area contributed by atoms with Gasteiger partial charge in [0.1, 0.15) is 17.4 Å². The monoisotopic (exact) mass is 846 g/mol. The maximum Gasteiger partial charge on any atom is 0.416 e. The minimum absolute atomic E-state index is 0.169. The van der Waals surface area contributed by atoms with Crippen LogP contribution in [0.3, 0.4) is 0 Å². The number of rotatable bonds is 8. The zero-order chi connectivity index (χ0) is 43.0. The number of hydrogen-bond donors (Lipinski definition) is 0. The van der Waals surface area contributed by atoms with E-state index in [9.17, 15) is 35.9 Å². The fraction of sp³-hybridized carbons (Fsp3) is 0.442. The van der Waals surface area contributed by atoms with Gasteiger partial charge in [0.05, 0.1) is 36.3 Å². The molecule has 5 heterocycles. The maximum atomic E-state index is 13.3. The number of alkyl halides is 6. The largest absolute Gasteiger partial charge is 0.439 e. The van der Waals surface area contributed by atoms with Gasteiger partial charge in [0.2, 0.25) is 0 Å². The second-order valence-corrected chi connectivity index (χ2v) is 16.0. The summed E-state index contributed by atoms with van der Waals surface area (Å²) in [5, 5.41) is 0.277. The van der Waals surface area contributed by atoms with Gasteiger partial charge in [-0.15, -0.1) is 0 Å². The number of pyridine rings is 2. The molecule has 0 N–H and O–H groups in total. The Hall–Kier alpha value is -4.89. The smallest absolute Gasteiger partial charge is 0.416 e. The quantitative estimate of drug-likeness (QED) is 0.129. The topological polar surface area (TPSA) is 94.1 Å². The second kappa shape index (κ2) is 17.4. The second-order valence-electron chi connectivity index (χ2n) is 15.6. The summed E-state index contributed by atoms with van der Waals surface area (Å²) in [7, 11) is 0. The van der Waals surface area contributed by atoms with Crippen LogP contribution in [-0.4, -0.2) is 57.3 Å². The number of nitrogens with zero attached hydrogens (tertiary/aromatic N) is 4. The fourth-order valence-electron chi connectivity index (χ4n) is 7.69. The van der Waals surface area contributed by atoms with Crippen molar-refractivity contribution in [2.75, 3.05) is 13.2 Å². The van der Waals surface area contributed by atoms with Crippen molar-refractivity contribution < 1.29 is 50.1 Å². The van der Waals surface area contributed by atoms with Crippen LogP contribution >= 0.6 is 11.6 Å². The normalized spacial score (nSPS) is 22.0. The molecule has 0 saturated carbocycles. The molecule has 2 aromatic carbocycles. The lowest BCUT2D eigenvalue weighted by atomic mass is 9.96. The number of amides is 2. The van der Waals surface area contributed by atoms with E-state index in [1.807, 2.05) is 32.2 Å². The molecule has 0 bridgehead atoms. The summed E-state index contributed by atoms with van der Waals surface area (Å²) >= 11 is 6.10. The molecule has 0 spiro atoms. The van der Waals surface area contributed by atoms with E-state index in [2.05, 4.69) is 9.97 Å². The first kappa shape index (κ1) is 43.7. The molecule has 5 atom stereocenters. The first-order valence-electron chi connectivity index (χ1n) is 19.1. The van der Waals surface area contributed by atoms with E-state index in [0.29, 0.717) is 46.9 Å². The maximum absolute atomic E-state index is 13.3. The lowest BCUT2D eigenvalue weighted by molar-refractivity contribution is -0.138. The first-order valence-corrected chi connectivity index (χ1v) is 19.5. The summed E-state index contributed by atoms with van der Waals surface area (Å²) in [5.74, 6) is 0.396. The molecule has 2 aromatic heterocycles. The fourth-order valence-corrected chi connectivity index (χ4v) is 7.85. The SMILES string of the molecule is Cc1cc([C@H]2OC(=O)N(Cc3cc(C)cnc3CC3CCOC3)[C@H]2C)cc(C(F)(F)F)c1.Cc1cc([C@H]2OC(=O)N(Cc3cc(C)cnc3Cl)[C@H]2C)cc(C(F)(F)F)c1. The zero-order valence-electron chi connectivity index (χ0n) is 33.4. The molecule has 59 heavy (non-hydrogen) atoms. The molecule has 2 amide bonds. The van der Waals surface area contributed by atoms with E-state index in [0.717, 1.165) is 66.1 Å². The molecule has 3 aliphatic rings. The van der Waals surface area contributed by atoms with Gasteiger partial charge in [-0.3, -0.25) is 14.8 Å². The molecule has 3 aliphatic heterocycles. The molecule has 1 unspecified atom stereocenters. The first-order chi connectivity index (χ1) is 27.7. The van der Waals surface area contributed by atoms with Crippen LogP contribution < -0.4 is 0 Å². The average Bonchev–Trinajstić information content (AvgIpc) is 3.85. The minimum atomic E-state index is -4.47. The molecule has 3 fully saturated rings. The highest BCUT2D eigenvalue weighted by molar-refractivity contribution is 6.30. The third-order valence-corrected chi connectivity index (χ3v) is 11.1. The molecule has 7 rings (SSSR count). The van der Waals surface area contributed by atoms with E-state index >= 15 is 0 Å². The van der Waals surface area contributed by atoms with Crippen molar-refractivity contribution >= 4 is 23.8 Å². The molecule has 9 nitrogen and oxygen atoms in total. The summed E-state index contributed by atoms with van der Waals surface area (Å²) in [6.45, 7) is 12.4. The summed E-state index contributed by atoms with van der Waals surface area (Å²) in [6.07, 6.45) is -6.44. The number of ether oxygens (including phenoxy) is 3. The lowest BCUT2D eigenvalue weighted by Crippen LogP contribution is -2.32. The highest BCUT2D eigenvalue weighted by Crippen LogP contribution is 2.40. The Morgan fingerprint density at radius 2 is 1.15 bits per heavy atom. The van der Waals surface area contributed by atoms with Crippen molar-refractivity contribution in [2.45, 2.75) is 104 Å². The van der Waals surface area contributed by atoms with Crippen molar-refractivity contribution in [2.24, 2.45) is 5.92 Å². The van der Waals surface area contributed by atoms with Crippen LogP contribution in [0.25, 0.3) is 0 Å². The van der Waals surface area contributed by atoms with Gasteiger partial charge < -0.3 is 14.2 Å². The van der Waals surface area contributed by atoms with Crippen LogP contribution in [0.4, 0.5) is 35.9 Å². The molecular formula is C43H45ClF6N4O5. The number of cyclic esters (lactones) is 2. The molecule has 316 valence electrons. The predicted molar refractivity (Wildman–Crippen MR) is 206 cm³/mol. The van der Waals surface area contributed by atoms with Crippen LogP contribution in [0.5, 0.6) is 0 Å². The van der Waals surface area contributed by atoms with Gasteiger partial charge in [-0.05, 0) is 118 Å². The van der Waals surface area contributed by atoms with Crippen molar-refractivity contribution in [3.63, 3.8) is 0 Å². The van der Waals surface area contributed by atoms with E-state index in [1.54, 1.807) is 50.9 Å². The summed E-state index contributed by atoms with van der Waals surface area (Å²) in [5.41, 5.74) is 4.48. The van der Waals surface area contributed by atoms with Crippen molar-refractivity contribution in [1.82, 2.24) is 19.8 Å². The zero-order valence-corrected chi connectivity index (χ0v) is 34.1. The van der Waals surface area contributed by atoms with Crippen molar-refractivity contribution in [3.05, 3.63) is 127 Å². The number of halogens is 7. The summed E-state index contributed by atoms with van der Waals surface area (Å²) < 4.78 is 95.6. The average molecular weight is 847 g/mol. The Bertz CT molecular complexity index is 2190. The third-order valence-electron chi connectivity index (χ3n) is 10.7. The number of benzene rings is 2. The van der Waals surface area contributed by atoms with Gasteiger partial charge in [-0.2, -0.15) is 26.3 Å². The highest BCUT2D eigenvalue weighted by atomic mass is 35.5. The standard InChI is InChI=1S/C24H27F3N2O3.C19H18ClF3N2O2/c1-14-6-18(10-20(8-14)24(25,26)27)22-16(3)29(23(30)32-22)12-19-7-15(2)11-28-21(19)9-17-4-5-31-13-17;1-10-4-13(7-15(6-10)19(21,22)23)16-12(3)25(18(26)27-16)9-14-5-11(2)8-24-17(14)20/h6-8,10-11,16-17,22H,4-5,9,12-13H2,1-3H3;4-8,12,16H,9H2,1-3H3/t16-,17?,22-;12-,16-/m00/s1. The Labute approximate surface area is 343 Å². The molecule has 0 radical (unpaired) electrons. The van der Waals surface area contributed by atoms with E-state index in [-0.39, 0.29) is 11.7 Å². The van der Waals surface area contributed by atoms with Gasteiger partial charge in [0.25, 0.3) is 0 Å². The predicted octanol–water partition coefficient (Wildman–Crippen LogP) is 10.8. The Kier molecular flexibility index (Phi) is 12.9. The van der Waals surface area contributed by atoms with Gasteiger partial charge in [0, 0.05) is 36.9 Å². The van der Waals surface area contributed by atoms with Crippen LogP contribution in [0.15, 0.2) is 60.9 Å². The number of aryl methyl sites for hydroxylation is 4. The number of hydrogen-bond acceptors (Lipinski definition) is 7. The van der Waals surface area contributed by atoms with Gasteiger partial charge in [0.15, 0.2) is 0 Å². The Morgan fingerprint density at radius 1 is 0.678 bits per heavy atom. The minimum Gasteiger partial charge on any atom is -0.439 e. The van der Waals surface area contributed by atoms with Crippen molar-refractivity contribution in [3.8, 4) is 0 Å². The molecule has 4 aromatic rings. The summed E-state index contributed by atoms with van der Waals surface area (Å²) in [6, 6.07) is 10.5. The number of aromatic nitrogens is 2. The number of carbonyl (C=O) groups excluding carboxylic acids is 2. The molecule has 0 aliphatic carbocycles. The van der Waals surface area contributed by atoms with E-state index in [1.165, 1.54) is 4.90 Å². The van der Waals surface area contributed by atoms with Gasteiger partial charge in [-0.1, -0.05) is 40.9 Å². The van der Waals surface area contributed by atoms with E-state index < -0.39 is 60.0 Å². The van der Waals surface area contributed by atoms with Gasteiger partial charge >= 0.3 is 24.5 Å². The van der Waals surface area contributed by atoms with Crippen LogP contribution in [0, 0.1) is 33.6 Å². The van der Waals surface area contributed by atoms with Gasteiger partial charge in [-0.25, -0.2) is 14.6 Å². The molecule has 16 heteroatoms. The molecule has 3 saturated heterocycles. The van der Waals surface area contributed by atoms with Crippen LogP contribution in [0.1, 0.15) is 93.8 Å². The lowest BCUT2D eigenvalue weighted by Gasteiger charge is -2.23. The third kappa shape index (κ3) is 10.3. The van der Waals surface area contributed by atoms with Crippen molar-refractivity contribution in [1.29, 1.82) is 0 Å². The highest BCUT2D eigenvalue weighted by Gasteiger charge is 2.43. The Balaban J connectivity index is 0.000000201.